The van der Waals surface area contributed by atoms with Crippen molar-refractivity contribution in [3.8, 4) is 22.3 Å². The lowest BCUT2D eigenvalue weighted by Gasteiger charge is -2.15. The number of alkyl halides is 5. The number of aromatic amines is 1. The lowest BCUT2D eigenvalue weighted by atomic mass is 9.95. The zero-order chi connectivity index (χ0) is 28.3. The summed E-state index contributed by atoms with van der Waals surface area (Å²) < 4.78 is 69.7. The van der Waals surface area contributed by atoms with Crippen molar-refractivity contribution >= 4 is 22.7 Å². The summed E-state index contributed by atoms with van der Waals surface area (Å²) in [6.45, 7) is -3.52. The third-order valence-electron chi connectivity index (χ3n) is 5.88. The van der Waals surface area contributed by atoms with Gasteiger partial charge in [0.15, 0.2) is 0 Å². The van der Waals surface area contributed by atoms with E-state index in [2.05, 4.69) is 14.7 Å². The first-order valence-corrected chi connectivity index (χ1v) is 11.4. The maximum atomic E-state index is 13.0. The van der Waals surface area contributed by atoms with E-state index in [0.717, 1.165) is 6.20 Å². The van der Waals surface area contributed by atoms with Crippen LogP contribution in [0.3, 0.4) is 0 Å². The van der Waals surface area contributed by atoms with Crippen molar-refractivity contribution in [2.45, 2.75) is 19.5 Å². The van der Waals surface area contributed by atoms with Crippen LogP contribution in [-0.4, -0.2) is 39.9 Å². The first-order valence-electron chi connectivity index (χ1n) is 11.4. The Morgan fingerprint density at radius 2 is 1.82 bits per heavy atom. The average Bonchev–Trinajstić information content (AvgIpc) is 3.32. The Kier molecular flexibility index (Phi) is 7.81. The van der Waals surface area contributed by atoms with Gasteiger partial charge in [-0.25, -0.2) is 0 Å². The van der Waals surface area contributed by atoms with Crippen LogP contribution in [0.2, 0.25) is 0 Å². The number of nitrogens with zero attached hydrogens (tertiary/aromatic N) is 3. The molecular formula is C26H22F5N5O3. The molecule has 204 valence electrons. The number of aromatic nitrogens is 3. The molecule has 4 rings (SSSR count). The van der Waals surface area contributed by atoms with Gasteiger partial charge >= 0.3 is 12.9 Å². The van der Waals surface area contributed by atoms with E-state index in [1.807, 2.05) is 0 Å². The van der Waals surface area contributed by atoms with E-state index in [9.17, 15) is 31.5 Å². The molecule has 3 heterocycles. The van der Waals surface area contributed by atoms with Crippen molar-refractivity contribution in [3.05, 3.63) is 87.5 Å². The van der Waals surface area contributed by atoms with E-state index in [0.29, 0.717) is 33.9 Å². The van der Waals surface area contributed by atoms with Gasteiger partial charge in [0.25, 0.3) is 11.1 Å². The first-order chi connectivity index (χ1) is 18.5. The highest BCUT2D eigenvalue weighted by atomic mass is 19.4. The largest absolute Gasteiger partial charge is 0.503 e. The fraction of sp³-hybridized carbons (Fsp3) is 0.192. The number of pyridine rings is 2. The van der Waals surface area contributed by atoms with Gasteiger partial charge in [-0.3, -0.25) is 9.59 Å². The molecule has 0 bridgehead atoms. The Labute approximate surface area is 217 Å². The molecule has 8 nitrogen and oxygen atoms in total. The number of nitrogens with one attached hydrogen (secondary N) is 1. The molecule has 0 aliphatic heterocycles. The number of fused-ring (bicyclic) bond motifs is 1. The van der Waals surface area contributed by atoms with Crippen molar-refractivity contribution in [1.29, 1.82) is 0 Å². The van der Waals surface area contributed by atoms with Crippen LogP contribution >= 0.6 is 0 Å². The second-order valence-electron chi connectivity index (χ2n) is 8.41. The molecule has 39 heavy (non-hydrogen) atoms. The molecule has 0 saturated carbocycles. The summed E-state index contributed by atoms with van der Waals surface area (Å²) in [6, 6.07) is 11.7. The van der Waals surface area contributed by atoms with Gasteiger partial charge in [0.1, 0.15) is 5.52 Å². The topological polar surface area (TPSA) is 107 Å². The van der Waals surface area contributed by atoms with Crippen LogP contribution in [0, 0.1) is 0 Å². The number of nitrogens with two attached hydrogens (primary N) is 1. The normalized spacial score (nSPS) is 12.7. The van der Waals surface area contributed by atoms with Crippen molar-refractivity contribution in [2.24, 2.45) is 17.8 Å². The van der Waals surface area contributed by atoms with E-state index in [4.69, 9.17) is 5.73 Å². The highest BCUT2D eigenvalue weighted by molar-refractivity contribution is 6.11. The molecule has 1 aromatic carbocycles. The van der Waals surface area contributed by atoms with Crippen molar-refractivity contribution in [3.63, 3.8) is 0 Å². The molecule has 0 unspecified atom stereocenters. The predicted molar refractivity (Wildman–Crippen MR) is 137 cm³/mol. The lowest BCUT2D eigenvalue weighted by molar-refractivity contribution is -0.130. The fourth-order valence-electron chi connectivity index (χ4n) is 4.11. The summed E-state index contributed by atoms with van der Waals surface area (Å²) in [4.78, 5) is 31.3. The molecule has 0 aliphatic carbocycles. The number of ether oxygens (including phenoxy) is 1. The minimum Gasteiger partial charge on any atom is -0.404 e. The van der Waals surface area contributed by atoms with Crippen molar-refractivity contribution < 1.29 is 26.7 Å². The zero-order valence-corrected chi connectivity index (χ0v) is 20.4. The number of rotatable bonds is 8. The SMILES string of the molecule is Cn1cc(-c2cc(=O)n(CCOC(F)F)cc2-c2ccccc2)c2cc(C(C=NC(F)(F)F)=CN)[nH]c2c1=O. The molecule has 4 aromatic rings. The minimum atomic E-state index is -4.82. The van der Waals surface area contributed by atoms with Crippen LogP contribution in [0.4, 0.5) is 22.0 Å². The highest BCUT2D eigenvalue weighted by Crippen LogP contribution is 2.35. The first kappa shape index (κ1) is 27.5. The van der Waals surface area contributed by atoms with Gasteiger partial charge in [-0.2, -0.15) is 13.8 Å². The zero-order valence-electron chi connectivity index (χ0n) is 20.4. The number of H-pyrrole nitrogens is 1. The summed E-state index contributed by atoms with van der Waals surface area (Å²) in [6.07, 6.45) is -0.359. The van der Waals surface area contributed by atoms with Crippen LogP contribution < -0.4 is 16.9 Å². The van der Waals surface area contributed by atoms with Crippen molar-refractivity contribution in [1.82, 2.24) is 14.1 Å². The summed E-state index contributed by atoms with van der Waals surface area (Å²) in [5, 5.41) is 0.322. The van der Waals surface area contributed by atoms with Crippen LogP contribution in [0.25, 0.3) is 38.7 Å². The molecule has 0 aliphatic rings. The number of hydrogen-bond donors (Lipinski definition) is 2. The fourth-order valence-corrected chi connectivity index (χ4v) is 4.11. The van der Waals surface area contributed by atoms with Gasteiger partial charge in [0.2, 0.25) is 0 Å². The molecule has 0 saturated heterocycles. The molecule has 0 atom stereocenters. The number of aryl methyl sites for hydroxylation is 1. The molecule has 0 spiro atoms. The average molecular weight is 547 g/mol. The quantitative estimate of drug-likeness (QED) is 0.193. The Morgan fingerprint density at radius 1 is 1.10 bits per heavy atom. The lowest BCUT2D eigenvalue weighted by Crippen LogP contribution is -2.23. The summed E-state index contributed by atoms with van der Waals surface area (Å²) >= 11 is 0. The second-order valence-corrected chi connectivity index (χ2v) is 8.41. The third kappa shape index (κ3) is 6.14. The molecular weight excluding hydrogens is 525 g/mol. The second kappa shape index (κ2) is 11.1. The van der Waals surface area contributed by atoms with Crippen LogP contribution in [-0.2, 0) is 18.3 Å². The highest BCUT2D eigenvalue weighted by Gasteiger charge is 2.25. The molecule has 3 N–H and O–H groups in total. The van der Waals surface area contributed by atoms with E-state index in [1.54, 1.807) is 30.3 Å². The molecule has 0 radical (unpaired) electrons. The van der Waals surface area contributed by atoms with E-state index >= 15 is 0 Å². The summed E-state index contributed by atoms with van der Waals surface area (Å²) in [7, 11) is 1.49. The molecule has 3 aromatic heterocycles. The Hall–Kier alpha value is -4.52. The number of halogens is 5. The van der Waals surface area contributed by atoms with Gasteiger partial charge in [0, 0.05) is 72.2 Å². The van der Waals surface area contributed by atoms with Gasteiger partial charge < -0.3 is 24.6 Å². The maximum Gasteiger partial charge on any atom is 0.503 e. The molecule has 0 fully saturated rings. The van der Waals surface area contributed by atoms with Gasteiger partial charge in [-0.15, -0.1) is 13.2 Å². The van der Waals surface area contributed by atoms with Crippen LogP contribution in [0.1, 0.15) is 5.69 Å². The van der Waals surface area contributed by atoms with Crippen LogP contribution in [0.15, 0.2) is 75.6 Å². The number of hydrogen-bond acceptors (Lipinski definition) is 5. The standard InChI is InChI=1S/C26H22F5N5O3/c1-35-13-20(18-9-21(34-23(18)24(35)38)16(11-32)12-33-26(29,30)31)17-10-22(37)36(7-8-39-25(27)28)14-19(17)15-5-3-2-4-6-15/h2-6,9-14,25,34H,7-8,32H2,1H3. The maximum absolute atomic E-state index is 13.0. The van der Waals surface area contributed by atoms with Gasteiger partial charge in [0.05, 0.1) is 6.61 Å². The van der Waals surface area contributed by atoms with Crippen LogP contribution in [0.5, 0.6) is 0 Å². The summed E-state index contributed by atoms with van der Waals surface area (Å²) in [5.41, 5.74) is 6.68. The number of benzene rings is 1. The third-order valence-corrected chi connectivity index (χ3v) is 5.88. The molecule has 0 amide bonds. The Balaban J connectivity index is 1.94. The van der Waals surface area contributed by atoms with Gasteiger partial charge in [-0.1, -0.05) is 30.3 Å². The Morgan fingerprint density at radius 3 is 2.46 bits per heavy atom. The minimum absolute atomic E-state index is 0.0679. The number of allylic oxidation sites excluding steroid dienone is 1. The Bertz CT molecular complexity index is 1670. The van der Waals surface area contributed by atoms with E-state index < -0.39 is 30.6 Å². The van der Waals surface area contributed by atoms with E-state index in [-0.39, 0.29) is 23.3 Å². The van der Waals surface area contributed by atoms with Gasteiger partial charge in [-0.05, 0) is 17.2 Å². The monoisotopic (exact) mass is 547 g/mol. The van der Waals surface area contributed by atoms with E-state index in [1.165, 1.54) is 40.7 Å². The number of aliphatic imine (C=N–C) groups is 1. The smallest absolute Gasteiger partial charge is 0.404 e. The predicted octanol–water partition coefficient (Wildman–Crippen LogP) is 4.49. The molecule has 13 heteroatoms. The summed E-state index contributed by atoms with van der Waals surface area (Å²) in [5.74, 6) is 0. The van der Waals surface area contributed by atoms with Crippen molar-refractivity contribution in [2.75, 3.05) is 6.61 Å².